The number of benzene rings is 2. The summed E-state index contributed by atoms with van der Waals surface area (Å²) in [5.41, 5.74) is 3.09. The number of aromatic amines is 1. The molecule has 1 aliphatic rings. The highest BCUT2D eigenvalue weighted by Crippen LogP contribution is 2.25. The van der Waals surface area contributed by atoms with Crippen LogP contribution in [0.15, 0.2) is 52.2 Å². The molecule has 3 aromatic rings. The van der Waals surface area contributed by atoms with Crippen LogP contribution in [0.1, 0.15) is 22.4 Å². The third kappa shape index (κ3) is 3.61. The molecule has 4 rings (SSSR count). The van der Waals surface area contributed by atoms with Gasteiger partial charge in [0.2, 0.25) is 10.0 Å². The van der Waals surface area contributed by atoms with Crippen LogP contribution >= 0.6 is 0 Å². The Balaban J connectivity index is 1.71. The van der Waals surface area contributed by atoms with Gasteiger partial charge < -0.3 is 4.98 Å². The minimum Gasteiger partial charge on any atom is -0.306 e. The van der Waals surface area contributed by atoms with Crippen molar-refractivity contribution in [2.45, 2.75) is 31.7 Å². The molecule has 1 aliphatic heterocycles. The molecule has 0 aliphatic carbocycles. The number of fused-ring (bicyclic) bond motifs is 1. The lowest BCUT2D eigenvalue weighted by molar-refractivity contribution is 0.383. The van der Waals surface area contributed by atoms with Gasteiger partial charge in [-0.2, -0.15) is 4.31 Å². The van der Waals surface area contributed by atoms with Crippen molar-refractivity contribution in [1.29, 1.82) is 0 Å². The summed E-state index contributed by atoms with van der Waals surface area (Å²) in [6.07, 6.45) is 0.283. The number of sulfonamides is 1. The summed E-state index contributed by atoms with van der Waals surface area (Å²) < 4.78 is 40.8. The Hall–Kier alpha value is -2.84. The molecule has 0 amide bonds. The third-order valence-electron chi connectivity index (χ3n) is 5.27. The van der Waals surface area contributed by atoms with Gasteiger partial charge in [0.15, 0.2) is 0 Å². The monoisotopic (exact) mass is 413 g/mol. The van der Waals surface area contributed by atoms with Gasteiger partial charge in [0.1, 0.15) is 11.6 Å². The average Bonchev–Trinajstić information content (AvgIpc) is 2.70. The molecule has 0 spiro atoms. The van der Waals surface area contributed by atoms with Gasteiger partial charge in [0.05, 0.1) is 17.1 Å². The molecule has 0 radical (unpaired) electrons. The van der Waals surface area contributed by atoms with E-state index in [4.69, 9.17) is 0 Å². The summed E-state index contributed by atoms with van der Waals surface area (Å²) in [6.45, 7) is 4.03. The van der Waals surface area contributed by atoms with Gasteiger partial charge in [-0.15, -0.1) is 0 Å². The van der Waals surface area contributed by atoms with E-state index in [2.05, 4.69) is 9.97 Å². The Labute approximate surface area is 168 Å². The normalized spacial score (nSPS) is 14.6. The van der Waals surface area contributed by atoms with Crippen molar-refractivity contribution in [2.75, 3.05) is 6.54 Å². The zero-order valence-electron chi connectivity index (χ0n) is 16.1. The van der Waals surface area contributed by atoms with Gasteiger partial charge in [-0.05, 0) is 67.8 Å². The molecule has 1 N–H and O–H groups in total. The molecule has 0 atom stereocenters. The van der Waals surface area contributed by atoms with E-state index in [1.165, 1.54) is 28.6 Å². The first-order chi connectivity index (χ1) is 13.8. The van der Waals surface area contributed by atoms with Crippen molar-refractivity contribution in [2.24, 2.45) is 0 Å². The van der Waals surface area contributed by atoms with Gasteiger partial charge in [0.25, 0.3) is 5.56 Å². The summed E-state index contributed by atoms with van der Waals surface area (Å²) in [4.78, 5) is 19.9. The Kier molecular flexibility index (Phi) is 4.84. The summed E-state index contributed by atoms with van der Waals surface area (Å²) in [5.74, 6) is -0.0982. The number of halogens is 1. The number of aromatic nitrogens is 2. The molecule has 150 valence electrons. The highest BCUT2D eigenvalue weighted by Gasteiger charge is 2.30. The van der Waals surface area contributed by atoms with Crippen molar-refractivity contribution < 1.29 is 12.8 Å². The number of nitrogens with zero attached hydrogens (tertiary/aromatic N) is 2. The highest BCUT2D eigenvalue weighted by atomic mass is 32.2. The second-order valence-corrected chi connectivity index (χ2v) is 9.12. The maximum Gasteiger partial charge on any atom is 0.254 e. The molecule has 8 heteroatoms. The van der Waals surface area contributed by atoms with Crippen LogP contribution in [-0.2, 0) is 23.0 Å². The molecule has 1 aromatic heterocycles. The SMILES string of the molecule is Cc1ccc(S(=O)(=O)N2CCc3c(nc(-c4ccc(F)cc4)[nH]c3=O)C2)cc1C. The van der Waals surface area contributed by atoms with Crippen LogP contribution in [0, 0.1) is 19.7 Å². The highest BCUT2D eigenvalue weighted by molar-refractivity contribution is 7.89. The molecule has 2 heterocycles. The van der Waals surface area contributed by atoms with Crippen molar-refractivity contribution in [3.05, 3.63) is 81.0 Å². The second kappa shape index (κ2) is 7.20. The van der Waals surface area contributed by atoms with Crippen LogP contribution in [0.3, 0.4) is 0 Å². The van der Waals surface area contributed by atoms with Crippen LogP contribution in [0.4, 0.5) is 4.39 Å². The average molecular weight is 413 g/mol. The first-order valence-electron chi connectivity index (χ1n) is 9.21. The second-order valence-electron chi connectivity index (χ2n) is 7.18. The Morgan fingerprint density at radius 1 is 1.07 bits per heavy atom. The standard InChI is InChI=1S/C21H20FN3O3S/c1-13-3-8-17(11-14(13)2)29(27,28)25-10-9-18-19(12-25)23-20(24-21(18)26)15-4-6-16(22)7-5-15/h3-8,11H,9-10,12H2,1-2H3,(H,23,24,26). The lowest BCUT2D eigenvalue weighted by atomic mass is 10.1. The maximum absolute atomic E-state index is 13.2. The van der Waals surface area contributed by atoms with Crippen molar-refractivity contribution >= 4 is 10.0 Å². The molecule has 0 unspecified atom stereocenters. The Bertz CT molecular complexity index is 1250. The molecule has 29 heavy (non-hydrogen) atoms. The predicted molar refractivity (Wildman–Crippen MR) is 107 cm³/mol. The number of aryl methyl sites for hydroxylation is 2. The fraction of sp³-hybridized carbons (Fsp3) is 0.238. The topological polar surface area (TPSA) is 83.1 Å². The van der Waals surface area contributed by atoms with Crippen LogP contribution < -0.4 is 5.56 Å². The summed E-state index contributed by atoms with van der Waals surface area (Å²) >= 11 is 0. The quantitative estimate of drug-likeness (QED) is 0.716. The predicted octanol–water partition coefficient (Wildman–Crippen LogP) is 2.94. The molecular formula is C21H20FN3O3S. The molecule has 0 fully saturated rings. The van der Waals surface area contributed by atoms with E-state index in [-0.39, 0.29) is 35.8 Å². The maximum atomic E-state index is 13.2. The Morgan fingerprint density at radius 2 is 1.79 bits per heavy atom. The molecule has 0 saturated carbocycles. The largest absolute Gasteiger partial charge is 0.306 e. The van der Waals surface area contributed by atoms with E-state index >= 15 is 0 Å². The number of H-pyrrole nitrogens is 1. The van der Waals surface area contributed by atoms with Gasteiger partial charge in [-0.25, -0.2) is 17.8 Å². The minimum absolute atomic E-state index is 0.0166. The zero-order valence-corrected chi connectivity index (χ0v) is 16.9. The van der Waals surface area contributed by atoms with Gasteiger partial charge in [-0.3, -0.25) is 4.79 Å². The molecule has 6 nitrogen and oxygen atoms in total. The zero-order chi connectivity index (χ0) is 20.8. The lowest BCUT2D eigenvalue weighted by Crippen LogP contribution is -2.39. The summed E-state index contributed by atoms with van der Waals surface area (Å²) in [6, 6.07) is 10.7. The number of hydrogen-bond acceptors (Lipinski definition) is 4. The van der Waals surface area contributed by atoms with Crippen LogP contribution in [0.25, 0.3) is 11.4 Å². The fourth-order valence-corrected chi connectivity index (χ4v) is 4.88. The van der Waals surface area contributed by atoms with Crippen LogP contribution in [0.2, 0.25) is 0 Å². The summed E-state index contributed by atoms with van der Waals surface area (Å²) in [7, 11) is -3.71. The molecule has 0 saturated heterocycles. The molecule has 0 bridgehead atoms. The van der Waals surface area contributed by atoms with Crippen molar-refractivity contribution in [1.82, 2.24) is 14.3 Å². The smallest absolute Gasteiger partial charge is 0.254 e. The van der Waals surface area contributed by atoms with E-state index in [0.29, 0.717) is 22.6 Å². The fourth-order valence-electron chi connectivity index (χ4n) is 3.39. The van der Waals surface area contributed by atoms with E-state index in [1.807, 2.05) is 13.8 Å². The van der Waals surface area contributed by atoms with Gasteiger partial charge >= 0.3 is 0 Å². The number of nitrogens with one attached hydrogen (secondary N) is 1. The van der Waals surface area contributed by atoms with Crippen LogP contribution in [0.5, 0.6) is 0 Å². The van der Waals surface area contributed by atoms with Crippen LogP contribution in [-0.4, -0.2) is 29.2 Å². The van der Waals surface area contributed by atoms with Gasteiger partial charge in [0, 0.05) is 17.7 Å². The van der Waals surface area contributed by atoms with Gasteiger partial charge in [-0.1, -0.05) is 6.07 Å². The Morgan fingerprint density at radius 3 is 2.48 bits per heavy atom. The third-order valence-corrected chi connectivity index (χ3v) is 7.11. The minimum atomic E-state index is -3.71. The van der Waals surface area contributed by atoms with E-state index in [0.717, 1.165) is 11.1 Å². The first kappa shape index (κ1) is 19.5. The summed E-state index contributed by atoms with van der Waals surface area (Å²) in [5, 5.41) is 0. The molecular weight excluding hydrogens is 393 g/mol. The number of rotatable bonds is 3. The van der Waals surface area contributed by atoms with E-state index in [1.54, 1.807) is 18.2 Å². The van der Waals surface area contributed by atoms with E-state index < -0.39 is 10.0 Å². The van der Waals surface area contributed by atoms with Crippen molar-refractivity contribution in [3.63, 3.8) is 0 Å². The van der Waals surface area contributed by atoms with E-state index in [9.17, 15) is 17.6 Å². The number of hydrogen-bond donors (Lipinski definition) is 1. The van der Waals surface area contributed by atoms with Crippen molar-refractivity contribution in [3.8, 4) is 11.4 Å². The lowest BCUT2D eigenvalue weighted by Gasteiger charge is -2.27. The first-order valence-corrected chi connectivity index (χ1v) is 10.6. The molecule has 2 aromatic carbocycles.